The number of anilines is 1. The molecule has 0 unspecified atom stereocenters. The van der Waals surface area contributed by atoms with Gasteiger partial charge in [0.05, 0.1) is 35.8 Å². The molecule has 3 aromatic rings. The van der Waals surface area contributed by atoms with Crippen LogP contribution in [0.5, 0.6) is 0 Å². The van der Waals surface area contributed by atoms with Crippen LogP contribution in [0.1, 0.15) is 18.5 Å². The van der Waals surface area contributed by atoms with Gasteiger partial charge in [-0.25, -0.2) is 4.68 Å². The number of likely N-dealkylation sites (N-methyl/N-ethyl adjacent to an activating group) is 1. The van der Waals surface area contributed by atoms with Crippen LogP contribution in [0.15, 0.2) is 30.3 Å². The summed E-state index contributed by atoms with van der Waals surface area (Å²) in [5, 5.41) is 5.46. The number of hydrogen-bond acceptors (Lipinski definition) is 7. The van der Waals surface area contributed by atoms with Crippen molar-refractivity contribution in [1.82, 2.24) is 19.7 Å². The van der Waals surface area contributed by atoms with Crippen LogP contribution in [0, 0.1) is 6.92 Å². The average molecular weight is 428 g/mol. The fourth-order valence-corrected chi connectivity index (χ4v) is 5.04. The Morgan fingerprint density at radius 1 is 1.20 bits per heavy atom. The fourth-order valence-electron chi connectivity index (χ4n) is 4.09. The van der Waals surface area contributed by atoms with Crippen LogP contribution >= 0.6 is 11.3 Å². The van der Waals surface area contributed by atoms with E-state index >= 15 is 0 Å². The molecule has 8 nitrogen and oxygen atoms in total. The van der Waals surface area contributed by atoms with E-state index in [1.54, 1.807) is 11.3 Å². The summed E-state index contributed by atoms with van der Waals surface area (Å²) in [5.74, 6) is -0.359. The molecule has 4 heterocycles. The zero-order valence-electron chi connectivity index (χ0n) is 17.2. The van der Waals surface area contributed by atoms with Crippen LogP contribution in [-0.2, 0) is 14.3 Å². The molecule has 1 spiro atoms. The van der Waals surface area contributed by atoms with Gasteiger partial charge in [-0.1, -0.05) is 29.5 Å². The van der Waals surface area contributed by atoms with E-state index in [1.165, 1.54) is 0 Å². The number of rotatable bonds is 4. The number of fused-ring (bicyclic) bond motifs is 1. The standard InChI is InChI=1S/C21H25N5O3S/c1-15-18-19(26(23-15)16-6-4-3-5-7-16)22-20(30-18)24(2)14-17(27)25-10-8-21(9-11-25)28-12-13-29-21/h3-7H,8-14H2,1-2H3. The first-order valence-electron chi connectivity index (χ1n) is 10.2. The molecule has 0 aliphatic carbocycles. The van der Waals surface area contributed by atoms with E-state index in [2.05, 4.69) is 5.10 Å². The molecule has 0 atom stereocenters. The lowest BCUT2D eigenvalue weighted by atomic mass is 10.0. The molecule has 2 aliphatic rings. The molecule has 1 amide bonds. The summed E-state index contributed by atoms with van der Waals surface area (Å²) in [6, 6.07) is 9.98. The van der Waals surface area contributed by atoms with Crippen molar-refractivity contribution >= 4 is 32.7 Å². The van der Waals surface area contributed by atoms with E-state index in [0.717, 1.165) is 39.7 Å². The highest BCUT2D eigenvalue weighted by Crippen LogP contribution is 2.33. The Morgan fingerprint density at radius 2 is 1.90 bits per heavy atom. The van der Waals surface area contributed by atoms with Crippen LogP contribution in [0.25, 0.3) is 16.0 Å². The molecular weight excluding hydrogens is 402 g/mol. The van der Waals surface area contributed by atoms with E-state index in [1.807, 2.05) is 58.8 Å². The number of nitrogens with zero attached hydrogens (tertiary/aromatic N) is 5. The lowest BCUT2D eigenvalue weighted by Crippen LogP contribution is -2.49. The van der Waals surface area contributed by atoms with E-state index in [-0.39, 0.29) is 5.91 Å². The summed E-state index contributed by atoms with van der Waals surface area (Å²) in [6.45, 7) is 4.90. The van der Waals surface area contributed by atoms with Crippen molar-refractivity contribution in [2.45, 2.75) is 25.6 Å². The highest BCUT2D eigenvalue weighted by Gasteiger charge is 2.40. The second-order valence-corrected chi connectivity index (χ2v) is 8.80. The lowest BCUT2D eigenvalue weighted by molar-refractivity contribution is -0.187. The van der Waals surface area contributed by atoms with Gasteiger partial charge in [0.1, 0.15) is 0 Å². The van der Waals surface area contributed by atoms with E-state index < -0.39 is 5.79 Å². The van der Waals surface area contributed by atoms with Crippen molar-refractivity contribution in [2.75, 3.05) is 44.8 Å². The minimum absolute atomic E-state index is 0.103. The van der Waals surface area contributed by atoms with Gasteiger partial charge < -0.3 is 19.3 Å². The van der Waals surface area contributed by atoms with Gasteiger partial charge in [-0.2, -0.15) is 10.1 Å². The number of para-hydroxylation sites is 1. The van der Waals surface area contributed by atoms with Crippen molar-refractivity contribution in [2.24, 2.45) is 0 Å². The number of carbonyl (C=O) groups excluding carboxylic acids is 1. The summed E-state index contributed by atoms with van der Waals surface area (Å²) in [6.07, 6.45) is 1.46. The Bertz CT molecular complexity index is 1050. The largest absolute Gasteiger partial charge is 0.347 e. The number of aromatic nitrogens is 3. The van der Waals surface area contributed by atoms with Crippen LogP contribution in [-0.4, -0.2) is 71.3 Å². The lowest BCUT2D eigenvalue weighted by Gasteiger charge is -2.38. The Hall–Kier alpha value is -2.49. The molecule has 0 N–H and O–H groups in total. The number of carbonyl (C=O) groups is 1. The van der Waals surface area contributed by atoms with Gasteiger partial charge in [-0.15, -0.1) is 0 Å². The molecule has 1 aromatic carbocycles. The molecular formula is C21H25N5O3S. The summed E-state index contributed by atoms with van der Waals surface area (Å²) < 4.78 is 14.4. The van der Waals surface area contributed by atoms with Gasteiger partial charge in [0.25, 0.3) is 0 Å². The highest BCUT2D eigenvalue weighted by molar-refractivity contribution is 7.22. The topological polar surface area (TPSA) is 72.7 Å². The van der Waals surface area contributed by atoms with Gasteiger partial charge >= 0.3 is 0 Å². The Morgan fingerprint density at radius 3 is 2.60 bits per heavy atom. The maximum absolute atomic E-state index is 12.9. The third-order valence-electron chi connectivity index (χ3n) is 5.77. The molecule has 2 aliphatic heterocycles. The van der Waals surface area contributed by atoms with E-state index in [9.17, 15) is 4.79 Å². The van der Waals surface area contributed by atoms with Gasteiger partial charge in [0.2, 0.25) is 5.91 Å². The van der Waals surface area contributed by atoms with E-state index in [4.69, 9.17) is 14.5 Å². The molecule has 0 radical (unpaired) electrons. The quantitative estimate of drug-likeness (QED) is 0.637. The maximum Gasteiger partial charge on any atom is 0.242 e. The molecule has 30 heavy (non-hydrogen) atoms. The fraction of sp³-hybridized carbons (Fsp3) is 0.476. The number of thiazole rings is 1. The number of benzene rings is 1. The second kappa shape index (κ2) is 7.64. The van der Waals surface area contributed by atoms with Crippen LogP contribution < -0.4 is 4.90 Å². The summed E-state index contributed by atoms with van der Waals surface area (Å²) in [4.78, 5) is 21.5. The highest BCUT2D eigenvalue weighted by atomic mass is 32.1. The Balaban J connectivity index is 1.29. The van der Waals surface area contributed by atoms with Gasteiger partial charge in [0.15, 0.2) is 16.6 Å². The number of ether oxygens (including phenoxy) is 2. The number of piperidine rings is 1. The smallest absolute Gasteiger partial charge is 0.242 e. The van der Waals surface area contributed by atoms with Crippen molar-refractivity contribution in [3.8, 4) is 5.69 Å². The number of amides is 1. The molecule has 0 bridgehead atoms. The first-order chi connectivity index (χ1) is 14.5. The number of likely N-dealkylation sites (tertiary alicyclic amines) is 1. The molecule has 2 saturated heterocycles. The van der Waals surface area contributed by atoms with Crippen molar-refractivity contribution in [1.29, 1.82) is 0 Å². The molecule has 2 fully saturated rings. The molecule has 5 rings (SSSR count). The zero-order chi connectivity index (χ0) is 20.7. The molecule has 0 saturated carbocycles. The predicted molar refractivity (Wildman–Crippen MR) is 115 cm³/mol. The predicted octanol–water partition coefficient (Wildman–Crippen LogP) is 2.59. The van der Waals surface area contributed by atoms with Gasteiger partial charge in [-0.05, 0) is 19.1 Å². The monoisotopic (exact) mass is 427 g/mol. The normalized spacial score (nSPS) is 18.4. The second-order valence-electron chi connectivity index (χ2n) is 7.83. The third kappa shape index (κ3) is 3.46. The number of hydrogen-bond donors (Lipinski definition) is 0. The van der Waals surface area contributed by atoms with Gasteiger partial charge in [0, 0.05) is 33.0 Å². The average Bonchev–Trinajstić information content (AvgIpc) is 3.47. The van der Waals surface area contributed by atoms with Crippen molar-refractivity contribution < 1.29 is 14.3 Å². The SMILES string of the molecule is Cc1nn(-c2ccccc2)c2nc(N(C)CC(=O)N3CCC4(CC3)OCCO4)sc12. The minimum Gasteiger partial charge on any atom is -0.347 e. The third-order valence-corrected chi connectivity index (χ3v) is 7.04. The first-order valence-corrected chi connectivity index (χ1v) is 11.0. The van der Waals surface area contributed by atoms with Gasteiger partial charge in [-0.3, -0.25) is 4.79 Å². The van der Waals surface area contributed by atoms with E-state index in [0.29, 0.717) is 32.8 Å². The Labute approximate surface area is 179 Å². The van der Waals surface area contributed by atoms with Crippen molar-refractivity contribution in [3.05, 3.63) is 36.0 Å². The summed E-state index contributed by atoms with van der Waals surface area (Å²) in [7, 11) is 1.92. The van der Waals surface area contributed by atoms with Crippen LogP contribution in [0.3, 0.4) is 0 Å². The minimum atomic E-state index is -0.462. The first kappa shape index (κ1) is 19.5. The maximum atomic E-state index is 12.9. The number of aryl methyl sites for hydroxylation is 1. The van der Waals surface area contributed by atoms with Crippen LogP contribution in [0.4, 0.5) is 5.13 Å². The summed E-state index contributed by atoms with van der Waals surface area (Å²) >= 11 is 1.57. The molecule has 9 heteroatoms. The Kier molecular flexibility index (Phi) is 4.96. The van der Waals surface area contributed by atoms with Crippen molar-refractivity contribution in [3.63, 3.8) is 0 Å². The molecule has 2 aromatic heterocycles. The van der Waals surface area contributed by atoms with Crippen LogP contribution in [0.2, 0.25) is 0 Å². The molecule has 158 valence electrons. The summed E-state index contributed by atoms with van der Waals surface area (Å²) in [5.41, 5.74) is 2.74. The zero-order valence-corrected chi connectivity index (χ0v) is 18.0.